The molecule has 2 unspecified atom stereocenters. The maximum atomic E-state index is 11.3. The van der Waals surface area contributed by atoms with Crippen molar-refractivity contribution in [2.45, 2.75) is 26.0 Å². The molecule has 1 aromatic rings. The number of nitro benzene ring substituents is 1. The molecule has 0 aromatic heterocycles. The first-order chi connectivity index (χ1) is 9.41. The van der Waals surface area contributed by atoms with Gasteiger partial charge in [-0.25, -0.2) is 4.79 Å². The van der Waals surface area contributed by atoms with Crippen molar-refractivity contribution in [2.24, 2.45) is 0 Å². The zero-order valence-corrected chi connectivity index (χ0v) is 11.3. The van der Waals surface area contributed by atoms with Gasteiger partial charge in [-0.3, -0.25) is 10.1 Å². The minimum atomic E-state index is -1.30. The van der Waals surface area contributed by atoms with Crippen molar-refractivity contribution >= 4 is 17.3 Å². The van der Waals surface area contributed by atoms with E-state index in [1.807, 2.05) is 18.7 Å². The van der Waals surface area contributed by atoms with Gasteiger partial charge in [0.1, 0.15) is 11.3 Å². The lowest BCUT2D eigenvalue weighted by atomic mass is 10.1. The van der Waals surface area contributed by atoms with Gasteiger partial charge in [0.15, 0.2) is 0 Å². The molecule has 1 aliphatic rings. The smallest absolute Gasteiger partial charge is 0.342 e. The van der Waals surface area contributed by atoms with Gasteiger partial charge in [-0.05, 0) is 26.0 Å². The Labute approximate surface area is 115 Å². The van der Waals surface area contributed by atoms with Crippen LogP contribution in [0.1, 0.15) is 24.2 Å². The molecule has 108 valence electrons. The normalized spacial score (nSPS) is 22.6. The average molecular weight is 280 g/mol. The lowest BCUT2D eigenvalue weighted by molar-refractivity contribution is -0.384. The summed E-state index contributed by atoms with van der Waals surface area (Å²) in [6, 6.07) is 4.31. The summed E-state index contributed by atoms with van der Waals surface area (Å²) < 4.78 is 5.49. The highest BCUT2D eigenvalue weighted by Gasteiger charge is 2.32. The summed E-state index contributed by atoms with van der Waals surface area (Å²) in [4.78, 5) is 23.6. The number of carboxylic acids is 1. The minimum Gasteiger partial charge on any atom is -0.477 e. The second-order valence-corrected chi connectivity index (χ2v) is 4.88. The molecular formula is C13H16N2O5. The molecule has 7 heteroatoms. The van der Waals surface area contributed by atoms with Crippen LogP contribution in [0.15, 0.2) is 18.2 Å². The molecule has 0 aliphatic carbocycles. The molecule has 2 atom stereocenters. The molecule has 1 aromatic carbocycles. The fourth-order valence-electron chi connectivity index (χ4n) is 2.37. The predicted molar refractivity (Wildman–Crippen MR) is 72.3 cm³/mol. The first-order valence-corrected chi connectivity index (χ1v) is 6.30. The van der Waals surface area contributed by atoms with Crippen LogP contribution in [0, 0.1) is 10.1 Å². The van der Waals surface area contributed by atoms with E-state index in [2.05, 4.69) is 0 Å². The Bertz CT molecular complexity index is 546. The molecule has 1 N–H and O–H groups in total. The Morgan fingerprint density at radius 3 is 2.80 bits per heavy atom. The minimum absolute atomic E-state index is 0.0473. The summed E-state index contributed by atoms with van der Waals surface area (Å²) in [6.07, 6.45) is -0.0562. The number of benzene rings is 1. The Morgan fingerprint density at radius 1 is 1.50 bits per heavy atom. The van der Waals surface area contributed by atoms with E-state index in [1.165, 1.54) is 12.1 Å². The van der Waals surface area contributed by atoms with E-state index in [-0.39, 0.29) is 23.4 Å². The van der Waals surface area contributed by atoms with E-state index >= 15 is 0 Å². The Hall–Kier alpha value is -2.15. The zero-order valence-electron chi connectivity index (χ0n) is 11.3. The second-order valence-electron chi connectivity index (χ2n) is 4.88. The Balaban J connectivity index is 2.52. The van der Waals surface area contributed by atoms with Crippen molar-refractivity contribution in [2.75, 3.05) is 18.1 Å². The van der Waals surface area contributed by atoms with Crippen LogP contribution >= 0.6 is 0 Å². The van der Waals surface area contributed by atoms with Crippen molar-refractivity contribution < 1.29 is 19.6 Å². The number of hydrogen-bond acceptors (Lipinski definition) is 5. The summed E-state index contributed by atoms with van der Waals surface area (Å²) >= 11 is 0. The number of rotatable bonds is 3. The first-order valence-electron chi connectivity index (χ1n) is 6.30. The molecule has 0 saturated carbocycles. The third-order valence-corrected chi connectivity index (χ3v) is 3.34. The zero-order chi connectivity index (χ0) is 14.9. The van der Waals surface area contributed by atoms with Crippen molar-refractivity contribution in [3.63, 3.8) is 0 Å². The van der Waals surface area contributed by atoms with Crippen molar-refractivity contribution in [1.82, 2.24) is 0 Å². The predicted octanol–water partition coefficient (Wildman–Crippen LogP) is 1.91. The van der Waals surface area contributed by atoms with Gasteiger partial charge in [0.25, 0.3) is 0 Å². The highest BCUT2D eigenvalue weighted by atomic mass is 16.6. The first kappa shape index (κ1) is 14.3. The molecule has 0 bridgehead atoms. The number of para-hydroxylation sites is 1. The van der Waals surface area contributed by atoms with E-state index in [1.54, 1.807) is 6.07 Å². The molecule has 1 aliphatic heterocycles. The van der Waals surface area contributed by atoms with Crippen LogP contribution in [0.3, 0.4) is 0 Å². The van der Waals surface area contributed by atoms with Gasteiger partial charge >= 0.3 is 11.7 Å². The second kappa shape index (κ2) is 5.46. The third-order valence-electron chi connectivity index (χ3n) is 3.34. The van der Waals surface area contributed by atoms with Crippen molar-refractivity contribution in [3.8, 4) is 0 Å². The van der Waals surface area contributed by atoms with Crippen LogP contribution < -0.4 is 4.90 Å². The van der Waals surface area contributed by atoms with E-state index < -0.39 is 10.9 Å². The van der Waals surface area contributed by atoms with Gasteiger partial charge in [-0.15, -0.1) is 0 Å². The van der Waals surface area contributed by atoms with E-state index in [4.69, 9.17) is 9.84 Å². The standard InChI is InChI=1S/C13H16N2O5/c1-8-7-20-9(2)6-14(8)11-5-3-4-10(13(16)17)12(11)15(18)19/h3-5,8-9H,6-7H2,1-2H3,(H,16,17). The molecule has 1 heterocycles. The summed E-state index contributed by atoms with van der Waals surface area (Å²) in [5.41, 5.74) is -0.322. The largest absolute Gasteiger partial charge is 0.477 e. The fraction of sp³-hybridized carbons (Fsp3) is 0.462. The Kier molecular flexibility index (Phi) is 3.89. The molecule has 7 nitrogen and oxygen atoms in total. The number of nitro groups is 1. The van der Waals surface area contributed by atoms with Crippen LogP contribution in [0.5, 0.6) is 0 Å². The van der Waals surface area contributed by atoms with Gasteiger partial charge in [-0.2, -0.15) is 0 Å². The molecule has 1 fully saturated rings. The number of nitrogens with zero attached hydrogens (tertiary/aromatic N) is 2. The lowest BCUT2D eigenvalue weighted by Crippen LogP contribution is -2.47. The number of anilines is 1. The fourth-order valence-corrected chi connectivity index (χ4v) is 2.37. The number of ether oxygens (including phenoxy) is 1. The molecule has 0 spiro atoms. The van der Waals surface area contributed by atoms with Crippen LogP contribution in [0.4, 0.5) is 11.4 Å². The number of morpholine rings is 1. The van der Waals surface area contributed by atoms with Gasteiger partial charge < -0.3 is 14.7 Å². The monoisotopic (exact) mass is 280 g/mol. The highest BCUT2D eigenvalue weighted by Crippen LogP contribution is 2.34. The van der Waals surface area contributed by atoms with Crippen molar-refractivity contribution in [3.05, 3.63) is 33.9 Å². The maximum absolute atomic E-state index is 11.3. The van der Waals surface area contributed by atoms with Gasteiger partial charge in [-0.1, -0.05) is 6.07 Å². The SMILES string of the molecule is CC1CN(c2cccc(C(=O)O)c2[N+](=O)[O-])C(C)CO1. The maximum Gasteiger partial charge on any atom is 0.342 e. The van der Waals surface area contributed by atoms with Crippen LogP contribution in [0.25, 0.3) is 0 Å². The molecular weight excluding hydrogens is 264 g/mol. The summed E-state index contributed by atoms with van der Waals surface area (Å²) in [5, 5.41) is 20.4. The number of hydrogen-bond donors (Lipinski definition) is 1. The van der Waals surface area contributed by atoms with E-state index in [0.717, 1.165) is 0 Å². The van der Waals surface area contributed by atoms with Crippen molar-refractivity contribution in [1.29, 1.82) is 0 Å². The van der Waals surface area contributed by atoms with E-state index in [9.17, 15) is 14.9 Å². The summed E-state index contributed by atoms with van der Waals surface area (Å²) in [6.45, 7) is 4.72. The molecule has 20 heavy (non-hydrogen) atoms. The summed E-state index contributed by atoms with van der Waals surface area (Å²) in [7, 11) is 0. The van der Waals surface area contributed by atoms with Gasteiger partial charge in [0.2, 0.25) is 0 Å². The third kappa shape index (κ3) is 2.57. The quantitative estimate of drug-likeness (QED) is 0.671. The van der Waals surface area contributed by atoms with Crippen LogP contribution in [0.2, 0.25) is 0 Å². The summed E-state index contributed by atoms with van der Waals surface area (Å²) in [5.74, 6) is -1.30. The molecule has 0 amide bonds. The molecule has 2 rings (SSSR count). The van der Waals surface area contributed by atoms with E-state index in [0.29, 0.717) is 18.8 Å². The Morgan fingerprint density at radius 2 is 2.20 bits per heavy atom. The van der Waals surface area contributed by atoms with Crippen LogP contribution in [-0.2, 0) is 4.74 Å². The lowest BCUT2D eigenvalue weighted by Gasteiger charge is -2.38. The van der Waals surface area contributed by atoms with Gasteiger partial charge in [0.05, 0.1) is 17.6 Å². The topological polar surface area (TPSA) is 92.9 Å². The number of aromatic carboxylic acids is 1. The average Bonchev–Trinajstić information content (AvgIpc) is 2.40. The molecule has 0 radical (unpaired) electrons. The van der Waals surface area contributed by atoms with Crippen LogP contribution in [-0.4, -0.2) is 41.3 Å². The number of carboxylic acid groups (broad SMARTS) is 1. The molecule has 1 saturated heterocycles. The number of carbonyl (C=O) groups is 1. The highest BCUT2D eigenvalue weighted by molar-refractivity contribution is 5.95. The van der Waals surface area contributed by atoms with Gasteiger partial charge in [0, 0.05) is 12.6 Å².